The van der Waals surface area contributed by atoms with Crippen molar-refractivity contribution in [2.45, 2.75) is 26.2 Å². The summed E-state index contributed by atoms with van der Waals surface area (Å²) in [6, 6.07) is 7.44. The number of aryl methyl sites for hydroxylation is 1. The third-order valence-corrected chi connectivity index (χ3v) is 4.37. The molecule has 24 heavy (non-hydrogen) atoms. The molecule has 0 atom stereocenters. The first-order valence-electron chi connectivity index (χ1n) is 8.06. The summed E-state index contributed by atoms with van der Waals surface area (Å²) in [5, 5.41) is 3.16. The summed E-state index contributed by atoms with van der Waals surface area (Å²) < 4.78 is 2.09. The molecule has 1 aliphatic rings. The molecule has 5 heteroatoms. The fourth-order valence-corrected chi connectivity index (χ4v) is 3.30. The van der Waals surface area contributed by atoms with E-state index in [0.29, 0.717) is 24.2 Å². The van der Waals surface area contributed by atoms with Crippen molar-refractivity contribution in [2.75, 3.05) is 11.9 Å². The molecule has 0 bridgehead atoms. The quantitative estimate of drug-likeness (QED) is 0.830. The van der Waals surface area contributed by atoms with Gasteiger partial charge in [0.15, 0.2) is 5.78 Å². The molecule has 2 aromatic rings. The van der Waals surface area contributed by atoms with E-state index in [4.69, 9.17) is 5.73 Å². The highest BCUT2D eigenvalue weighted by Crippen LogP contribution is 2.30. The van der Waals surface area contributed by atoms with Crippen LogP contribution in [-0.2, 0) is 6.42 Å². The van der Waals surface area contributed by atoms with Crippen molar-refractivity contribution < 1.29 is 9.59 Å². The molecule has 3 rings (SSSR count). The van der Waals surface area contributed by atoms with Gasteiger partial charge in [0.05, 0.1) is 5.56 Å². The molecule has 0 fully saturated rings. The van der Waals surface area contributed by atoms with Crippen molar-refractivity contribution in [1.82, 2.24) is 4.57 Å². The summed E-state index contributed by atoms with van der Waals surface area (Å²) >= 11 is 0. The van der Waals surface area contributed by atoms with E-state index in [2.05, 4.69) is 16.5 Å². The van der Waals surface area contributed by atoms with Crippen LogP contribution in [0.4, 0.5) is 5.69 Å². The van der Waals surface area contributed by atoms with E-state index in [0.717, 1.165) is 35.5 Å². The standard InChI is InChI=1S/C19H21N3O2/c1-3-9-21-16-11-13(7-8-14(16)19(20)24)22-12(2)10-15-17(22)5-4-6-18(15)23/h3,7-8,10-11,21H,1,4-6,9H2,2H3,(H2,20,24). The Kier molecular flexibility index (Phi) is 4.25. The number of carbonyl (C=O) groups is 2. The van der Waals surface area contributed by atoms with Crippen LogP contribution in [0.25, 0.3) is 5.69 Å². The Hall–Kier alpha value is -2.82. The van der Waals surface area contributed by atoms with Crippen LogP contribution in [0.5, 0.6) is 0 Å². The lowest BCUT2D eigenvalue weighted by Crippen LogP contribution is -2.16. The summed E-state index contributed by atoms with van der Waals surface area (Å²) in [5.74, 6) is -0.272. The summed E-state index contributed by atoms with van der Waals surface area (Å²) in [7, 11) is 0. The number of Topliss-reactive ketones (excluding diaryl/α,β-unsaturated/α-hetero) is 1. The minimum Gasteiger partial charge on any atom is -0.381 e. The van der Waals surface area contributed by atoms with Crippen molar-refractivity contribution in [1.29, 1.82) is 0 Å². The molecular formula is C19H21N3O2. The zero-order valence-electron chi connectivity index (χ0n) is 13.8. The van der Waals surface area contributed by atoms with Gasteiger partial charge in [-0.15, -0.1) is 6.58 Å². The number of amides is 1. The largest absolute Gasteiger partial charge is 0.381 e. The van der Waals surface area contributed by atoms with Gasteiger partial charge in [-0.2, -0.15) is 0 Å². The Morgan fingerprint density at radius 3 is 2.88 bits per heavy atom. The Morgan fingerprint density at radius 1 is 1.38 bits per heavy atom. The van der Waals surface area contributed by atoms with Gasteiger partial charge in [-0.05, 0) is 44.0 Å². The number of nitrogens with two attached hydrogens (primary N) is 1. The molecule has 1 aliphatic carbocycles. The van der Waals surface area contributed by atoms with Gasteiger partial charge >= 0.3 is 0 Å². The number of benzene rings is 1. The minimum atomic E-state index is -0.477. The highest BCUT2D eigenvalue weighted by molar-refractivity contribution is 6.00. The molecule has 1 amide bonds. The van der Waals surface area contributed by atoms with Gasteiger partial charge in [-0.1, -0.05) is 6.08 Å². The molecule has 3 N–H and O–H groups in total. The Labute approximate surface area is 141 Å². The average molecular weight is 323 g/mol. The highest BCUT2D eigenvalue weighted by Gasteiger charge is 2.23. The van der Waals surface area contributed by atoms with E-state index >= 15 is 0 Å². The molecule has 124 valence electrons. The van der Waals surface area contributed by atoms with Crippen LogP contribution in [0.3, 0.4) is 0 Å². The fraction of sp³-hybridized carbons (Fsp3) is 0.263. The maximum Gasteiger partial charge on any atom is 0.250 e. The second-order valence-corrected chi connectivity index (χ2v) is 6.02. The van der Waals surface area contributed by atoms with E-state index in [1.54, 1.807) is 12.1 Å². The number of hydrogen-bond donors (Lipinski definition) is 2. The molecule has 1 aromatic carbocycles. The number of rotatable bonds is 5. The molecule has 1 aromatic heterocycles. The molecular weight excluding hydrogens is 302 g/mol. The maximum atomic E-state index is 12.1. The molecule has 0 spiro atoms. The third-order valence-electron chi connectivity index (χ3n) is 4.37. The molecule has 0 saturated heterocycles. The van der Waals surface area contributed by atoms with Gasteiger partial charge in [0.2, 0.25) is 0 Å². The average Bonchev–Trinajstić information content (AvgIpc) is 2.90. The first-order chi connectivity index (χ1) is 11.5. The van der Waals surface area contributed by atoms with Crippen LogP contribution in [0, 0.1) is 6.92 Å². The normalized spacial score (nSPS) is 13.5. The Bertz CT molecular complexity index is 833. The first-order valence-corrected chi connectivity index (χ1v) is 8.06. The van der Waals surface area contributed by atoms with Crippen LogP contribution in [0.15, 0.2) is 36.9 Å². The predicted octanol–water partition coefficient (Wildman–Crippen LogP) is 3.00. The monoisotopic (exact) mass is 323 g/mol. The van der Waals surface area contributed by atoms with Gasteiger partial charge in [-0.3, -0.25) is 9.59 Å². The van der Waals surface area contributed by atoms with E-state index < -0.39 is 5.91 Å². The molecule has 5 nitrogen and oxygen atoms in total. The molecule has 0 unspecified atom stereocenters. The molecule has 0 aliphatic heterocycles. The number of nitrogens with zero attached hydrogens (tertiary/aromatic N) is 1. The van der Waals surface area contributed by atoms with E-state index in [-0.39, 0.29) is 5.78 Å². The van der Waals surface area contributed by atoms with Crippen molar-refractivity contribution >= 4 is 17.4 Å². The van der Waals surface area contributed by atoms with Gasteiger partial charge in [0, 0.05) is 41.3 Å². The van der Waals surface area contributed by atoms with E-state index in [1.807, 2.05) is 25.1 Å². The topological polar surface area (TPSA) is 77.1 Å². The smallest absolute Gasteiger partial charge is 0.250 e. The number of ketones is 1. The Morgan fingerprint density at radius 2 is 2.17 bits per heavy atom. The highest BCUT2D eigenvalue weighted by atomic mass is 16.1. The molecule has 0 radical (unpaired) electrons. The number of nitrogens with one attached hydrogen (secondary N) is 1. The van der Waals surface area contributed by atoms with Gasteiger partial charge < -0.3 is 15.6 Å². The van der Waals surface area contributed by atoms with Crippen molar-refractivity contribution in [3.05, 3.63) is 59.4 Å². The summed E-state index contributed by atoms with van der Waals surface area (Å²) in [6.07, 6.45) is 4.08. The number of aromatic nitrogens is 1. The van der Waals surface area contributed by atoms with Crippen molar-refractivity contribution in [3.8, 4) is 5.69 Å². The zero-order valence-corrected chi connectivity index (χ0v) is 13.8. The lowest BCUT2D eigenvalue weighted by Gasteiger charge is -2.18. The lowest BCUT2D eigenvalue weighted by molar-refractivity contribution is 0.0970. The number of hydrogen-bond acceptors (Lipinski definition) is 3. The van der Waals surface area contributed by atoms with Gasteiger partial charge in [0.25, 0.3) is 5.91 Å². The molecule has 1 heterocycles. The minimum absolute atomic E-state index is 0.205. The van der Waals surface area contributed by atoms with E-state index in [9.17, 15) is 9.59 Å². The Balaban J connectivity index is 2.12. The van der Waals surface area contributed by atoms with Gasteiger partial charge in [0.1, 0.15) is 0 Å². The summed E-state index contributed by atoms with van der Waals surface area (Å²) in [4.78, 5) is 23.8. The molecule has 0 saturated carbocycles. The second-order valence-electron chi connectivity index (χ2n) is 6.02. The number of fused-ring (bicyclic) bond motifs is 1. The van der Waals surface area contributed by atoms with Crippen LogP contribution >= 0.6 is 0 Å². The van der Waals surface area contributed by atoms with E-state index in [1.165, 1.54) is 0 Å². The SMILES string of the molecule is C=CCNc1cc(-n2c(C)cc3c2CCCC3=O)ccc1C(N)=O. The summed E-state index contributed by atoms with van der Waals surface area (Å²) in [6.45, 7) is 6.20. The van der Waals surface area contributed by atoms with Crippen LogP contribution < -0.4 is 11.1 Å². The van der Waals surface area contributed by atoms with Crippen LogP contribution in [-0.4, -0.2) is 22.8 Å². The second kappa shape index (κ2) is 6.35. The van der Waals surface area contributed by atoms with Gasteiger partial charge in [-0.25, -0.2) is 0 Å². The third kappa shape index (κ3) is 2.73. The number of anilines is 1. The van der Waals surface area contributed by atoms with Crippen LogP contribution in [0.2, 0.25) is 0 Å². The maximum absolute atomic E-state index is 12.1. The van der Waals surface area contributed by atoms with Crippen molar-refractivity contribution in [2.24, 2.45) is 5.73 Å². The van der Waals surface area contributed by atoms with Crippen molar-refractivity contribution in [3.63, 3.8) is 0 Å². The number of carbonyl (C=O) groups excluding carboxylic acids is 2. The zero-order chi connectivity index (χ0) is 17.3. The lowest BCUT2D eigenvalue weighted by atomic mass is 9.96. The summed E-state index contributed by atoms with van der Waals surface area (Å²) in [5.41, 5.74) is 10.4. The fourth-order valence-electron chi connectivity index (χ4n) is 3.30. The van der Waals surface area contributed by atoms with Crippen LogP contribution in [0.1, 0.15) is 44.9 Å². The number of primary amides is 1. The first kappa shape index (κ1) is 16.1. The predicted molar refractivity (Wildman–Crippen MR) is 95.0 cm³/mol.